The number of nitrogens with zero attached hydrogens (tertiary/aromatic N) is 1. The molecule has 3 aromatic rings. The summed E-state index contributed by atoms with van der Waals surface area (Å²) in [7, 11) is 0. The highest BCUT2D eigenvalue weighted by Crippen LogP contribution is 2.27. The van der Waals surface area contributed by atoms with Gasteiger partial charge in [-0.1, -0.05) is 53.6 Å². The first-order valence-corrected chi connectivity index (χ1v) is 11.0. The first kappa shape index (κ1) is 21.9. The van der Waals surface area contributed by atoms with Crippen LogP contribution in [0.15, 0.2) is 82.7 Å². The lowest BCUT2D eigenvalue weighted by atomic mass is 10.1. The number of hydrogen-bond acceptors (Lipinski definition) is 4. The van der Waals surface area contributed by atoms with Crippen LogP contribution in [0.2, 0.25) is 5.02 Å². The van der Waals surface area contributed by atoms with Crippen LogP contribution in [-0.4, -0.2) is 17.0 Å². The third kappa shape index (κ3) is 5.66. The number of ether oxygens (including phenoxy) is 1. The third-order valence-corrected chi connectivity index (χ3v) is 5.77. The van der Waals surface area contributed by atoms with Crippen molar-refractivity contribution in [2.24, 2.45) is 4.99 Å². The smallest absolute Gasteiger partial charge is 0.279 e. The molecule has 3 aromatic carbocycles. The normalized spacial score (nSPS) is 15.8. The third-order valence-electron chi connectivity index (χ3n) is 4.61. The van der Waals surface area contributed by atoms with Gasteiger partial charge in [0.1, 0.15) is 12.4 Å². The van der Waals surface area contributed by atoms with Gasteiger partial charge in [0.25, 0.3) is 11.8 Å². The van der Waals surface area contributed by atoms with E-state index in [-0.39, 0.29) is 11.1 Å². The van der Waals surface area contributed by atoms with Crippen molar-refractivity contribution in [3.8, 4) is 5.75 Å². The fourth-order valence-corrected chi connectivity index (χ4v) is 3.96. The van der Waals surface area contributed by atoms with E-state index < -0.39 is 5.91 Å². The second-order valence-corrected chi connectivity index (χ2v) is 8.61. The van der Waals surface area contributed by atoms with E-state index in [0.29, 0.717) is 22.1 Å². The summed E-state index contributed by atoms with van der Waals surface area (Å²) in [4.78, 5) is 29.0. The van der Waals surface area contributed by atoms with E-state index in [2.05, 4.69) is 16.4 Å². The highest BCUT2D eigenvalue weighted by molar-refractivity contribution is 8.18. The summed E-state index contributed by atoms with van der Waals surface area (Å²) in [6.07, 6.45) is 1.75. The number of nitrogens with one attached hydrogen (secondary N) is 1. The van der Waals surface area contributed by atoms with Crippen molar-refractivity contribution in [1.29, 1.82) is 0 Å². The lowest BCUT2D eigenvalue weighted by Crippen LogP contribution is -2.20. The van der Waals surface area contributed by atoms with Crippen LogP contribution in [0.4, 0.5) is 0 Å². The molecule has 4 rings (SSSR count). The molecule has 5 nitrogen and oxygen atoms in total. The zero-order valence-electron chi connectivity index (χ0n) is 17.2. The molecule has 1 N–H and O–H groups in total. The van der Waals surface area contributed by atoms with Gasteiger partial charge in [-0.15, -0.1) is 0 Å². The second kappa shape index (κ2) is 9.85. The van der Waals surface area contributed by atoms with Crippen LogP contribution >= 0.6 is 23.4 Å². The van der Waals surface area contributed by atoms with E-state index in [1.807, 2.05) is 49.4 Å². The van der Waals surface area contributed by atoms with Crippen molar-refractivity contribution in [2.45, 2.75) is 13.5 Å². The Morgan fingerprint density at radius 3 is 2.56 bits per heavy atom. The lowest BCUT2D eigenvalue weighted by Gasteiger charge is -2.07. The molecule has 1 fully saturated rings. The van der Waals surface area contributed by atoms with Crippen LogP contribution in [0.5, 0.6) is 5.75 Å². The zero-order chi connectivity index (χ0) is 22.5. The van der Waals surface area contributed by atoms with Crippen LogP contribution in [0, 0.1) is 6.92 Å². The van der Waals surface area contributed by atoms with Gasteiger partial charge >= 0.3 is 0 Å². The minimum atomic E-state index is -0.444. The standard InChI is InChI=1S/C25H19ClN2O3S/c1-16-3-2-4-18(13-16)15-31-21-11-5-17(6-12-21)14-22-24(30)28-25(32-22)27-23(29)19-7-9-20(26)10-8-19/h2-14H,15H2,1H3,(H,27,28,29,30)/b22-14-. The number of carbonyl (C=O) groups is 2. The van der Waals surface area contributed by atoms with Gasteiger partial charge in [-0.2, -0.15) is 4.99 Å². The number of carbonyl (C=O) groups excluding carboxylic acids is 2. The van der Waals surface area contributed by atoms with Crippen molar-refractivity contribution in [3.63, 3.8) is 0 Å². The maximum Gasteiger partial charge on any atom is 0.279 e. The van der Waals surface area contributed by atoms with Gasteiger partial charge in [-0.25, -0.2) is 0 Å². The highest BCUT2D eigenvalue weighted by atomic mass is 35.5. The molecule has 32 heavy (non-hydrogen) atoms. The molecule has 0 spiro atoms. The number of aryl methyl sites for hydroxylation is 1. The van der Waals surface area contributed by atoms with E-state index in [1.165, 1.54) is 5.56 Å². The number of hydrogen-bond donors (Lipinski definition) is 1. The van der Waals surface area contributed by atoms with Crippen molar-refractivity contribution in [1.82, 2.24) is 5.32 Å². The van der Waals surface area contributed by atoms with Crippen molar-refractivity contribution < 1.29 is 14.3 Å². The monoisotopic (exact) mass is 462 g/mol. The summed E-state index contributed by atoms with van der Waals surface area (Å²) < 4.78 is 5.83. The summed E-state index contributed by atoms with van der Waals surface area (Å²) in [6, 6.07) is 22.1. The highest BCUT2D eigenvalue weighted by Gasteiger charge is 2.24. The van der Waals surface area contributed by atoms with Gasteiger partial charge in [-0.3, -0.25) is 9.59 Å². The van der Waals surface area contributed by atoms with Crippen LogP contribution < -0.4 is 10.1 Å². The van der Waals surface area contributed by atoms with Crippen molar-refractivity contribution >= 4 is 46.4 Å². The second-order valence-electron chi connectivity index (χ2n) is 7.14. The van der Waals surface area contributed by atoms with Gasteiger partial charge in [-0.05, 0) is 72.3 Å². The van der Waals surface area contributed by atoms with Gasteiger partial charge in [0.15, 0.2) is 5.17 Å². The molecular formula is C25H19ClN2O3S. The quantitative estimate of drug-likeness (QED) is 0.499. The molecule has 2 amide bonds. The van der Waals surface area contributed by atoms with Gasteiger partial charge in [0.05, 0.1) is 4.91 Å². The molecule has 0 unspecified atom stereocenters. The number of amides is 2. The maximum absolute atomic E-state index is 12.3. The Labute approximate surface area is 195 Å². The average Bonchev–Trinajstić information content (AvgIpc) is 3.12. The van der Waals surface area contributed by atoms with Crippen LogP contribution in [-0.2, 0) is 11.4 Å². The molecule has 0 aliphatic carbocycles. The van der Waals surface area contributed by atoms with E-state index in [9.17, 15) is 9.59 Å². The Morgan fingerprint density at radius 1 is 1.09 bits per heavy atom. The van der Waals surface area contributed by atoms with E-state index >= 15 is 0 Å². The fourth-order valence-electron chi connectivity index (χ4n) is 3.01. The summed E-state index contributed by atoms with van der Waals surface area (Å²) >= 11 is 6.96. The molecule has 160 valence electrons. The minimum absolute atomic E-state index is 0.249. The largest absolute Gasteiger partial charge is 0.489 e. The number of benzene rings is 3. The van der Waals surface area contributed by atoms with Gasteiger partial charge in [0.2, 0.25) is 0 Å². The molecule has 1 aliphatic rings. The summed E-state index contributed by atoms with van der Waals surface area (Å²) in [5.41, 5.74) is 3.54. The Kier molecular flexibility index (Phi) is 6.73. The Balaban J connectivity index is 1.39. The first-order valence-electron chi connectivity index (χ1n) is 9.84. The summed E-state index contributed by atoms with van der Waals surface area (Å²) in [5.74, 6) is 0.00579. The number of rotatable bonds is 5. The van der Waals surface area contributed by atoms with Crippen LogP contribution in [0.25, 0.3) is 6.08 Å². The number of thioether (sulfide) groups is 1. The lowest BCUT2D eigenvalue weighted by molar-refractivity contribution is -0.115. The van der Waals surface area contributed by atoms with E-state index in [4.69, 9.17) is 16.3 Å². The number of aliphatic imine (C=N–C) groups is 1. The maximum atomic E-state index is 12.3. The molecule has 7 heteroatoms. The predicted molar refractivity (Wildman–Crippen MR) is 129 cm³/mol. The number of amidine groups is 1. The van der Waals surface area contributed by atoms with E-state index in [1.54, 1.807) is 30.3 Å². The average molecular weight is 463 g/mol. The first-order chi connectivity index (χ1) is 15.5. The minimum Gasteiger partial charge on any atom is -0.489 e. The predicted octanol–water partition coefficient (Wildman–Crippen LogP) is 5.63. The molecule has 1 saturated heterocycles. The van der Waals surface area contributed by atoms with Gasteiger partial charge in [0, 0.05) is 10.6 Å². The Morgan fingerprint density at radius 2 is 1.84 bits per heavy atom. The summed E-state index contributed by atoms with van der Waals surface area (Å²) in [5, 5.41) is 3.41. The van der Waals surface area contributed by atoms with Gasteiger partial charge < -0.3 is 10.1 Å². The molecule has 0 bridgehead atoms. The molecule has 1 heterocycles. The fraction of sp³-hybridized carbons (Fsp3) is 0.0800. The zero-order valence-corrected chi connectivity index (χ0v) is 18.7. The molecule has 1 aliphatic heterocycles. The molecule has 0 radical (unpaired) electrons. The SMILES string of the molecule is Cc1cccc(COc2ccc(/C=C3\SC(=NC(=O)c4ccc(Cl)cc4)NC3=O)cc2)c1. The van der Waals surface area contributed by atoms with Crippen molar-refractivity contribution in [2.75, 3.05) is 0 Å². The van der Waals surface area contributed by atoms with Crippen LogP contribution in [0.3, 0.4) is 0 Å². The molecular weight excluding hydrogens is 444 g/mol. The van der Waals surface area contributed by atoms with Crippen molar-refractivity contribution in [3.05, 3.63) is 105 Å². The Hall–Kier alpha value is -3.35. The molecule has 0 saturated carbocycles. The molecule has 0 atom stereocenters. The summed E-state index contributed by atoms with van der Waals surface area (Å²) in [6.45, 7) is 2.54. The Bertz CT molecular complexity index is 1220. The van der Waals surface area contributed by atoms with Crippen LogP contribution in [0.1, 0.15) is 27.0 Å². The number of halogens is 1. The van der Waals surface area contributed by atoms with E-state index in [0.717, 1.165) is 28.6 Å². The molecule has 0 aromatic heterocycles. The topological polar surface area (TPSA) is 67.8 Å².